The van der Waals surface area contributed by atoms with Gasteiger partial charge < -0.3 is 15.4 Å². The van der Waals surface area contributed by atoms with Crippen molar-refractivity contribution in [2.45, 2.75) is 32.2 Å². The number of aromatic nitrogens is 1. The SMILES string of the molecule is Cc1cc(C(=O)NCCc2ccc(OCC(=O)NC3CC3)cc2)c2ccccc2n1. The predicted molar refractivity (Wildman–Crippen MR) is 116 cm³/mol. The standard InChI is InChI=1S/C24H25N3O3/c1-16-14-21(20-4-2-3-5-22(20)26-16)24(29)25-13-12-17-6-10-19(11-7-17)30-15-23(28)27-18-8-9-18/h2-7,10-11,14,18H,8-9,12-13,15H2,1H3,(H,25,29)(H,27,28). The normalized spacial score (nSPS) is 13.1. The molecule has 1 fully saturated rings. The zero-order chi connectivity index (χ0) is 20.9. The minimum atomic E-state index is -0.0988. The number of carbonyl (C=O) groups excluding carboxylic acids is 2. The summed E-state index contributed by atoms with van der Waals surface area (Å²) >= 11 is 0. The van der Waals surface area contributed by atoms with E-state index in [1.54, 1.807) is 0 Å². The zero-order valence-electron chi connectivity index (χ0n) is 17.0. The molecule has 1 aromatic heterocycles. The number of ether oxygens (including phenoxy) is 1. The number of carbonyl (C=O) groups is 2. The topological polar surface area (TPSA) is 80.3 Å². The highest BCUT2D eigenvalue weighted by Gasteiger charge is 2.23. The van der Waals surface area contributed by atoms with Crippen molar-refractivity contribution in [2.75, 3.05) is 13.2 Å². The van der Waals surface area contributed by atoms with E-state index < -0.39 is 0 Å². The van der Waals surface area contributed by atoms with Gasteiger partial charge in [-0.05, 0) is 56.0 Å². The van der Waals surface area contributed by atoms with Crippen LogP contribution in [-0.4, -0.2) is 36.0 Å². The Kier molecular flexibility index (Phi) is 5.93. The molecule has 0 saturated heterocycles. The van der Waals surface area contributed by atoms with Crippen LogP contribution >= 0.6 is 0 Å². The molecule has 30 heavy (non-hydrogen) atoms. The summed E-state index contributed by atoms with van der Waals surface area (Å²) < 4.78 is 5.52. The Hall–Kier alpha value is -3.41. The first kappa shape index (κ1) is 19.9. The van der Waals surface area contributed by atoms with Gasteiger partial charge in [0.05, 0.1) is 11.1 Å². The van der Waals surface area contributed by atoms with E-state index in [-0.39, 0.29) is 18.4 Å². The fourth-order valence-corrected chi connectivity index (χ4v) is 3.31. The van der Waals surface area contributed by atoms with E-state index in [1.807, 2.05) is 61.5 Å². The van der Waals surface area contributed by atoms with Crippen LogP contribution in [0.5, 0.6) is 5.75 Å². The maximum Gasteiger partial charge on any atom is 0.258 e. The Morgan fingerprint density at radius 2 is 1.87 bits per heavy atom. The van der Waals surface area contributed by atoms with Crippen LogP contribution in [0.2, 0.25) is 0 Å². The van der Waals surface area contributed by atoms with Crippen molar-refractivity contribution >= 4 is 22.7 Å². The van der Waals surface area contributed by atoms with Crippen LogP contribution in [0.1, 0.15) is 34.5 Å². The maximum absolute atomic E-state index is 12.7. The smallest absolute Gasteiger partial charge is 0.258 e. The van der Waals surface area contributed by atoms with Crippen molar-refractivity contribution in [3.63, 3.8) is 0 Å². The van der Waals surface area contributed by atoms with Crippen LogP contribution < -0.4 is 15.4 Å². The van der Waals surface area contributed by atoms with Gasteiger partial charge in [0, 0.05) is 23.7 Å². The summed E-state index contributed by atoms with van der Waals surface area (Å²) in [6.07, 6.45) is 2.83. The number of nitrogens with zero attached hydrogens (tertiary/aromatic N) is 1. The summed E-state index contributed by atoms with van der Waals surface area (Å²) in [6, 6.07) is 17.4. The fourth-order valence-electron chi connectivity index (χ4n) is 3.31. The Morgan fingerprint density at radius 1 is 1.10 bits per heavy atom. The molecular formula is C24H25N3O3. The second-order valence-electron chi connectivity index (χ2n) is 7.61. The molecule has 0 bridgehead atoms. The third kappa shape index (κ3) is 5.14. The molecule has 6 heteroatoms. The van der Waals surface area contributed by atoms with E-state index in [2.05, 4.69) is 15.6 Å². The summed E-state index contributed by atoms with van der Waals surface area (Å²) in [6.45, 7) is 2.45. The van der Waals surface area contributed by atoms with Crippen molar-refractivity contribution in [1.29, 1.82) is 0 Å². The van der Waals surface area contributed by atoms with Gasteiger partial charge in [0.2, 0.25) is 0 Å². The van der Waals surface area contributed by atoms with Crippen LogP contribution in [0.4, 0.5) is 0 Å². The predicted octanol–water partition coefficient (Wildman–Crippen LogP) is 3.17. The lowest BCUT2D eigenvalue weighted by Gasteiger charge is -2.10. The quantitative estimate of drug-likeness (QED) is 0.605. The molecule has 2 amide bonds. The zero-order valence-corrected chi connectivity index (χ0v) is 17.0. The molecule has 0 atom stereocenters. The lowest BCUT2D eigenvalue weighted by molar-refractivity contribution is -0.123. The van der Waals surface area contributed by atoms with Crippen LogP contribution in [-0.2, 0) is 11.2 Å². The highest BCUT2D eigenvalue weighted by Crippen LogP contribution is 2.19. The monoisotopic (exact) mass is 403 g/mol. The molecule has 0 radical (unpaired) electrons. The van der Waals surface area contributed by atoms with Gasteiger partial charge in [-0.3, -0.25) is 14.6 Å². The molecule has 0 spiro atoms. The number of amides is 2. The summed E-state index contributed by atoms with van der Waals surface area (Å²) in [5, 5.41) is 6.74. The second-order valence-corrected chi connectivity index (χ2v) is 7.61. The van der Waals surface area contributed by atoms with Crippen LogP contribution in [0.15, 0.2) is 54.6 Å². The first-order valence-electron chi connectivity index (χ1n) is 10.2. The molecule has 1 aliphatic carbocycles. The van der Waals surface area contributed by atoms with Gasteiger partial charge in [-0.1, -0.05) is 30.3 Å². The van der Waals surface area contributed by atoms with Gasteiger partial charge in [-0.2, -0.15) is 0 Å². The summed E-state index contributed by atoms with van der Waals surface area (Å²) in [5.41, 5.74) is 3.37. The van der Waals surface area contributed by atoms with Gasteiger partial charge >= 0.3 is 0 Å². The molecule has 1 saturated carbocycles. The van der Waals surface area contributed by atoms with Crippen molar-refractivity contribution in [2.24, 2.45) is 0 Å². The van der Waals surface area contributed by atoms with Crippen molar-refractivity contribution in [3.05, 3.63) is 71.4 Å². The maximum atomic E-state index is 12.7. The Bertz CT molecular complexity index is 1060. The molecule has 0 unspecified atom stereocenters. The highest BCUT2D eigenvalue weighted by molar-refractivity contribution is 6.06. The number of rotatable bonds is 8. The number of aryl methyl sites for hydroxylation is 1. The molecular weight excluding hydrogens is 378 g/mol. The largest absolute Gasteiger partial charge is 0.484 e. The van der Waals surface area contributed by atoms with Crippen LogP contribution in [0.25, 0.3) is 10.9 Å². The molecule has 154 valence electrons. The number of nitrogens with one attached hydrogen (secondary N) is 2. The minimum Gasteiger partial charge on any atom is -0.484 e. The lowest BCUT2D eigenvalue weighted by Crippen LogP contribution is -2.30. The third-order valence-electron chi connectivity index (χ3n) is 5.02. The van der Waals surface area contributed by atoms with E-state index in [0.717, 1.165) is 35.0 Å². The molecule has 0 aliphatic heterocycles. The minimum absolute atomic E-state index is 0.0329. The molecule has 6 nitrogen and oxygen atoms in total. The molecule has 4 rings (SSSR count). The number of fused-ring (bicyclic) bond motifs is 1. The Morgan fingerprint density at radius 3 is 2.63 bits per heavy atom. The molecule has 2 N–H and O–H groups in total. The molecule has 2 aromatic carbocycles. The van der Waals surface area contributed by atoms with Crippen molar-refractivity contribution < 1.29 is 14.3 Å². The number of para-hydroxylation sites is 1. The average Bonchev–Trinajstić information content (AvgIpc) is 3.56. The van der Waals surface area contributed by atoms with E-state index in [9.17, 15) is 9.59 Å². The summed E-state index contributed by atoms with van der Waals surface area (Å²) in [5.74, 6) is 0.481. The Balaban J connectivity index is 1.28. The van der Waals surface area contributed by atoms with Gasteiger partial charge in [-0.25, -0.2) is 0 Å². The van der Waals surface area contributed by atoms with Crippen LogP contribution in [0, 0.1) is 6.92 Å². The van der Waals surface area contributed by atoms with Crippen molar-refractivity contribution in [3.8, 4) is 5.75 Å². The lowest BCUT2D eigenvalue weighted by atomic mass is 10.1. The average molecular weight is 403 g/mol. The van der Waals surface area contributed by atoms with Gasteiger partial charge in [-0.15, -0.1) is 0 Å². The number of pyridine rings is 1. The molecule has 3 aromatic rings. The summed E-state index contributed by atoms with van der Waals surface area (Å²) in [4.78, 5) is 28.8. The van der Waals surface area contributed by atoms with Gasteiger partial charge in [0.15, 0.2) is 6.61 Å². The van der Waals surface area contributed by atoms with E-state index in [1.165, 1.54) is 0 Å². The Labute approximate surface area is 175 Å². The van der Waals surface area contributed by atoms with Crippen molar-refractivity contribution in [1.82, 2.24) is 15.6 Å². The van der Waals surface area contributed by atoms with E-state index >= 15 is 0 Å². The summed E-state index contributed by atoms with van der Waals surface area (Å²) in [7, 11) is 0. The molecule has 1 heterocycles. The van der Waals surface area contributed by atoms with Gasteiger partial charge in [0.1, 0.15) is 5.75 Å². The van der Waals surface area contributed by atoms with E-state index in [4.69, 9.17) is 4.74 Å². The number of hydrogen-bond acceptors (Lipinski definition) is 4. The van der Waals surface area contributed by atoms with Crippen LogP contribution in [0.3, 0.4) is 0 Å². The van der Waals surface area contributed by atoms with Gasteiger partial charge in [0.25, 0.3) is 11.8 Å². The second kappa shape index (κ2) is 8.95. The highest BCUT2D eigenvalue weighted by atomic mass is 16.5. The first-order chi connectivity index (χ1) is 14.6. The third-order valence-corrected chi connectivity index (χ3v) is 5.02. The number of benzene rings is 2. The number of hydrogen-bond donors (Lipinski definition) is 2. The first-order valence-corrected chi connectivity index (χ1v) is 10.2. The molecule has 1 aliphatic rings. The van der Waals surface area contributed by atoms with E-state index in [0.29, 0.717) is 30.3 Å². The fraction of sp³-hybridized carbons (Fsp3) is 0.292.